The minimum absolute atomic E-state index is 0.319. The van der Waals surface area contributed by atoms with Crippen LogP contribution in [-0.2, 0) is 0 Å². The Bertz CT molecular complexity index is 388. The van der Waals surface area contributed by atoms with Crippen molar-refractivity contribution in [1.82, 2.24) is 41.2 Å². The summed E-state index contributed by atoms with van der Waals surface area (Å²) >= 11 is 0. The van der Waals surface area contributed by atoms with E-state index in [9.17, 15) is 0 Å². The van der Waals surface area contributed by atoms with E-state index < -0.39 is 0 Å². The summed E-state index contributed by atoms with van der Waals surface area (Å²) in [5.41, 5.74) is 0. The van der Waals surface area contributed by atoms with E-state index >= 15 is 0 Å². The maximum absolute atomic E-state index is 3.90. The lowest BCUT2D eigenvalue weighted by Crippen LogP contribution is -2.01. The van der Waals surface area contributed by atoms with Crippen molar-refractivity contribution in [2.24, 2.45) is 0 Å². The third-order valence-electron chi connectivity index (χ3n) is 2.38. The second-order valence-electron chi connectivity index (χ2n) is 3.94. The van der Waals surface area contributed by atoms with Gasteiger partial charge < -0.3 is 0 Å². The third-order valence-corrected chi connectivity index (χ3v) is 5.13. The SMILES string of the molecule is C[C@@H](CSSC[C@H](C)c1nnn[nH]1)c1nnn[nH]1. The molecule has 0 aromatic carbocycles. The molecule has 98 valence electrons. The largest absolute Gasteiger partial charge is 0.243 e. The predicted molar refractivity (Wildman–Crippen MR) is 70.1 cm³/mol. The molecular formula is C8H14N8S2. The van der Waals surface area contributed by atoms with Gasteiger partial charge in [0.2, 0.25) is 0 Å². The Kier molecular flexibility index (Phi) is 4.93. The van der Waals surface area contributed by atoms with E-state index in [0.29, 0.717) is 11.8 Å². The number of nitrogens with zero attached hydrogens (tertiary/aromatic N) is 6. The van der Waals surface area contributed by atoms with Gasteiger partial charge in [-0.05, 0) is 20.9 Å². The molecular weight excluding hydrogens is 272 g/mol. The molecule has 2 atom stereocenters. The summed E-state index contributed by atoms with van der Waals surface area (Å²) in [4.78, 5) is 0. The second kappa shape index (κ2) is 6.69. The third kappa shape index (κ3) is 3.67. The molecule has 0 aliphatic carbocycles. The molecule has 2 aromatic heterocycles. The van der Waals surface area contributed by atoms with Crippen molar-refractivity contribution in [2.45, 2.75) is 25.7 Å². The van der Waals surface area contributed by atoms with Crippen LogP contribution in [0.5, 0.6) is 0 Å². The van der Waals surface area contributed by atoms with E-state index in [1.165, 1.54) is 0 Å². The van der Waals surface area contributed by atoms with Gasteiger partial charge in [-0.25, -0.2) is 10.2 Å². The first-order chi connectivity index (χ1) is 8.77. The molecule has 0 bridgehead atoms. The molecule has 2 aromatic rings. The highest BCUT2D eigenvalue weighted by Gasteiger charge is 2.12. The van der Waals surface area contributed by atoms with Gasteiger partial charge in [0.1, 0.15) is 0 Å². The van der Waals surface area contributed by atoms with Crippen LogP contribution >= 0.6 is 21.6 Å². The molecule has 2 heterocycles. The molecule has 0 saturated heterocycles. The second-order valence-corrected chi connectivity index (χ2v) is 6.50. The Hall–Kier alpha value is -1.16. The highest BCUT2D eigenvalue weighted by atomic mass is 33.1. The predicted octanol–water partition coefficient (Wildman–Crippen LogP) is 1.00. The highest BCUT2D eigenvalue weighted by Crippen LogP contribution is 2.30. The maximum atomic E-state index is 3.90. The van der Waals surface area contributed by atoms with Gasteiger partial charge in [-0.15, -0.1) is 10.2 Å². The van der Waals surface area contributed by atoms with E-state index in [1.807, 2.05) is 0 Å². The number of aromatic amines is 2. The molecule has 2 rings (SSSR count). The Balaban J connectivity index is 1.64. The Labute approximate surface area is 112 Å². The van der Waals surface area contributed by atoms with Gasteiger partial charge in [0, 0.05) is 23.3 Å². The lowest BCUT2D eigenvalue weighted by atomic mass is 10.2. The van der Waals surface area contributed by atoms with Crippen molar-refractivity contribution >= 4 is 21.6 Å². The summed E-state index contributed by atoms with van der Waals surface area (Å²) in [7, 11) is 3.61. The molecule has 0 aliphatic rings. The fourth-order valence-corrected chi connectivity index (χ4v) is 3.93. The smallest absolute Gasteiger partial charge is 0.152 e. The zero-order chi connectivity index (χ0) is 12.8. The number of hydrogen-bond donors (Lipinski definition) is 2. The maximum Gasteiger partial charge on any atom is 0.152 e. The van der Waals surface area contributed by atoms with E-state index in [1.54, 1.807) is 21.6 Å². The van der Waals surface area contributed by atoms with E-state index in [4.69, 9.17) is 0 Å². The van der Waals surface area contributed by atoms with Crippen LogP contribution in [0, 0.1) is 0 Å². The van der Waals surface area contributed by atoms with Crippen molar-refractivity contribution < 1.29 is 0 Å². The van der Waals surface area contributed by atoms with Crippen LogP contribution in [0.15, 0.2) is 0 Å². The molecule has 0 radical (unpaired) electrons. The van der Waals surface area contributed by atoms with Crippen molar-refractivity contribution in [3.8, 4) is 0 Å². The summed E-state index contributed by atoms with van der Waals surface area (Å²) in [5, 5.41) is 27.6. The highest BCUT2D eigenvalue weighted by molar-refractivity contribution is 8.76. The Morgan fingerprint density at radius 3 is 1.67 bits per heavy atom. The van der Waals surface area contributed by atoms with Crippen LogP contribution < -0.4 is 0 Å². The van der Waals surface area contributed by atoms with Gasteiger partial charge in [-0.3, -0.25) is 0 Å². The molecule has 0 amide bonds. The van der Waals surface area contributed by atoms with Crippen molar-refractivity contribution in [3.63, 3.8) is 0 Å². The number of aromatic nitrogens is 8. The number of rotatable bonds is 7. The van der Waals surface area contributed by atoms with Crippen molar-refractivity contribution in [3.05, 3.63) is 11.6 Å². The molecule has 0 spiro atoms. The Morgan fingerprint density at radius 2 is 1.33 bits per heavy atom. The standard InChI is InChI=1S/C8H14N8S2/c1-5(7-9-13-14-10-7)3-17-18-4-6(2)8-11-15-16-12-8/h5-6H,3-4H2,1-2H3,(H,9,10,13,14)(H,11,12,15,16)/t5-,6-/m0/s1. The van der Waals surface area contributed by atoms with Crippen molar-refractivity contribution in [2.75, 3.05) is 11.5 Å². The molecule has 2 N–H and O–H groups in total. The average molecular weight is 286 g/mol. The fourth-order valence-electron chi connectivity index (χ4n) is 1.21. The number of tetrazole rings is 2. The van der Waals surface area contributed by atoms with Crippen LogP contribution in [0.3, 0.4) is 0 Å². The monoisotopic (exact) mass is 286 g/mol. The minimum Gasteiger partial charge on any atom is -0.243 e. The van der Waals surface area contributed by atoms with Crippen LogP contribution in [0.4, 0.5) is 0 Å². The minimum atomic E-state index is 0.319. The number of nitrogens with one attached hydrogen (secondary N) is 2. The molecule has 0 aliphatic heterocycles. The van der Waals surface area contributed by atoms with Gasteiger partial charge in [0.05, 0.1) is 0 Å². The topological polar surface area (TPSA) is 109 Å². The first-order valence-corrected chi connectivity index (χ1v) is 7.98. The summed E-state index contributed by atoms with van der Waals surface area (Å²) in [6.45, 7) is 4.19. The zero-order valence-corrected chi connectivity index (χ0v) is 11.7. The molecule has 18 heavy (non-hydrogen) atoms. The first kappa shape index (κ1) is 13.3. The van der Waals surface area contributed by atoms with Gasteiger partial charge in [-0.1, -0.05) is 35.4 Å². The van der Waals surface area contributed by atoms with Gasteiger partial charge in [-0.2, -0.15) is 0 Å². The molecule has 0 saturated carbocycles. The molecule has 0 fully saturated rings. The normalized spacial score (nSPS) is 14.6. The zero-order valence-electron chi connectivity index (χ0n) is 10.1. The number of H-pyrrole nitrogens is 2. The van der Waals surface area contributed by atoms with Crippen LogP contribution in [0.1, 0.15) is 37.3 Å². The van der Waals surface area contributed by atoms with Gasteiger partial charge in [0.25, 0.3) is 0 Å². The fraction of sp³-hybridized carbons (Fsp3) is 0.750. The average Bonchev–Trinajstić information content (AvgIpc) is 3.05. The van der Waals surface area contributed by atoms with Crippen LogP contribution in [-0.4, -0.2) is 52.8 Å². The molecule has 0 unspecified atom stereocenters. The lowest BCUT2D eigenvalue weighted by molar-refractivity contribution is 0.788. The first-order valence-electron chi connectivity index (χ1n) is 5.49. The Morgan fingerprint density at radius 1 is 0.889 bits per heavy atom. The summed E-state index contributed by atoms with van der Waals surface area (Å²) < 4.78 is 0. The van der Waals surface area contributed by atoms with Gasteiger partial charge in [0.15, 0.2) is 11.6 Å². The quantitative estimate of drug-likeness (QED) is 0.573. The van der Waals surface area contributed by atoms with E-state index in [-0.39, 0.29) is 0 Å². The summed E-state index contributed by atoms with van der Waals surface area (Å²) in [5.74, 6) is 4.22. The lowest BCUT2D eigenvalue weighted by Gasteiger charge is -2.08. The summed E-state index contributed by atoms with van der Waals surface area (Å²) in [6, 6.07) is 0. The van der Waals surface area contributed by atoms with Gasteiger partial charge >= 0.3 is 0 Å². The van der Waals surface area contributed by atoms with E-state index in [0.717, 1.165) is 23.2 Å². The van der Waals surface area contributed by atoms with Crippen LogP contribution in [0.2, 0.25) is 0 Å². The van der Waals surface area contributed by atoms with Crippen LogP contribution in [0.25, 0.3) is 0 Å². The van der Waals surface area contributed by atoms with Crippen molar-refractivity contribution in [1.29, 1.82) is 0 Å². The van der Waals surface area contributed by atoms with E-state index in [2.05, 4.69) is 55.1 Å². The number of hydrogen-bond acceptors (Lipinski definition) is 8. The summed E-state index contributed by atoms with van der Waals surface area (Å²) in [6.07, 6.45) is 0. The molecule has 10 heteroatoms. The molecule has 8 nitrogen and oxygen atoms in total.